The summed E-state index contributed by atoms with van der Waals surface area (Å²) in [6.45, 7) is 8.53. The Labute approximate surface area is 332 Å². The van der Waals surface area contributed by atoms with Crippen molar-refractivity contribution in [3.05, 3.63) is 59.7 Å². The Morgan fingerprint density at radius 3 is 0.925 bits per heavy atom. The molecule has 0 amide bonds. The predicted molar refractivity (Wildman–Crippen MR) is 226 cm³/mol. The molecule has 0 N–H and O–H groups in total. The van der Waals surface area contributed by atoms with Crippen molar-refractivity contribution in [3.63, 3.8) is 0 Å². The van der Waals surface area contributed by atoms with Crippen molar-refractivity contribution in [1.29, 1.82) is 0 Å². The molecule has 304 valence electrons. The molecule has 0 saturated carbocycles. The Morgan fingerprint density at radius 1 is 0.377 bits per heavy atom. The van der Waals surface area contributed by atoms with E-state index in [1.165, 1.54) is 116 Å². The van der Waals surface area contributed by atoms with Gasteiger partial charge in [0, 0.05) is 0 Å². The van der Waals surface area contributed by atoms with Crippen LogP contribution in [0.1, 0.15) is 193 Å². The van der Waals surface area contributed by atoms with Crippen LogP contribution in [-0.2, 0) is 38.1 Å². The molecule has 6 nitrogen and oxygen atoms in total. The van der Waals surface area contributed by atoms with E-state index >= 15 is 0 Å². The van der Waals surface area contributed by atoms with Crippen LogP contribution in [0, 0.1) is 0 Å². The fourth-order valence-electron chi connectivity index (χ4n) is 6.97. The number of hydrogen-bond acceptors (Lipinski definition) is 6. The van der Waals surface area contributed by atoms with Crippen molar-refractivity contribution in [1.82, 2.24) is 0 Å². The maximum atomic E-state index is 13.8. The molecule has 0 aliphatic carbocycles. The second kappa shape index (κ2) is 28.5. The quantitative estimate of drug-likeness (QED) is 0.0514. The van der Waals surface area contributed by atoms with E-state index in [4.69, 9.17) is 5.04 Å². The minimum atomic E-state index is -4.77. The summed E-state index contributed by atoms with van der Waals surface area (Å²) < 4.78 is 68.1. The zero-order chi connectivity index (χ0) is 38.7. The molecule has 0 saturated heterocycles. The van der Waals surface area contributed by atoms with Crippen LogP contribution in [0.15, 0.2) is 58.3 Å². The van der Waals surface area contributed by atoms with Gasteiger partial charge in [0.25, 0.3) is 0 Å². The average molecular weight is 884 g/mol. The Kier molecular flexibility index (Phi) is 25.9. The zero-order valence-electron chi connectivity index (χ0n) is 34.2. The monoisotopic (exact) mass is 884 g/mol. The van der Waals surface area contributed by atoms with Gasteiger partial charge in [-0.15, -0.1) is 0 Å². The topological polar surface area (TPSA) is 86.7 Å². The molecular weight excluding hydrogens is 807 g/mol. The van der Waals surface area contributed by atoms with E-state index in [9.17, 15) is 16.8 Å². The fraction of sp³-hybridized carbons (Fsp3) is 0.727. The van der Waals surface area contributed by atoms with Gasteiger partial charge in [-0.05, 0) is 0 Å². The van der Waals surface area contributed by atoms with Gasteiger partial charge < -0.3 is 0 Å². The van der Waals surface area contributed by atoms with Crippen molar-refractivity contribution in [3.8, 4) is 0 Å². The van der Waals surface area contributed by atoms with E-state index in [0.29, 0.717) is 21.7 Å². The van der Waals surface area contributed by atoms with Crippen LogP contribution in [0.5, 0.6) is 0 Å². The van der Waals surface area contributed by atoms with Crippen LogP contribution in [0.4, 0.5) is 0 Å². The Balaban J connectivity index is 1.99. The molecule has 0 unspecified atom stereocenters. The number of benzene rings is 2. The normalized spacial score (nSPS) is 12.5. The first-order chi connectivity index (χ1) is 25.6. The molecule has 2 aromatic rings. The SMILES string of the molecule is CCCCCCCCCCCCc1ccc(S(=O)(=O)[O][Sn]([CH2]CCC)([CH2]CCC)[O]S(=O)(=O)c2ccc(CCCCCCCCCCCC)cc2)cc1. The first-order valence-corrected chi connectivity index (χ1v) is 30.9. The van der Waals surface area contributed by atoms with Gasteiger partial charge in [0.2, 0.25) is 0 Å². The molecule has 0 radical (unpaired) electrons. The molecule has 2 aromatic carbocycles. The van der Waals surface area contributed by atoms with Crippen LogP contribution in [-0.4, -0.2) is 36.0 Å². The fourth-order valence-corrected chi connectivity index (χ4v) is 27.2. The van der Waals surface area contributed by atoms with Crippen molar-refractivity contribution in [2.24, 2.45) is 0 Å². The van der Waals surface area contributed by atoms with Crippen molar-refractivity contribution >= 4 is 39.4 Å². The molecular formula is C44H76O6S2Sn. The molecule has 2 rings (SSSR count). The van der Waals surface area contributed by atoms with Crippen LogP contribution >= 0.6 is 0 Å². The number of hydrogen-bond donors (Lipinski definition) is 0. The molecule has 0 aliphatic rings. The van der Waals surface area contributed by atoms with Crippen LogP contribution in [0.3, 0.4) is 0 Å². The van der Waals surface area contributed by atoms with Gasteiger partial charge in [0.05, 0.1) is 0 Å². The minimum absolute atomic E-state index is 0.0655. The first kappa shape index (κ1) is 48.2. The molecule has 9 heteroatoms. The van der Waals surface area contributed by atoms with E-state index in [0.717, 1.165) is 49.7 Å². The second-order valence-corrected chi connectivity index (χ2v) is 29.3. The van der Waals surface area contributed by atoms with E-state index in [-0.39, 0.29) is 9.79 Å². The van der Waals surface area contributed by atoms with Crippen LogP contribution in [0.2, 0.25) is 8.87 Å². The Morgan fingerprint density at radius 2 is 0.642 bits per heavy atom. The summed E-state index contributed by atoms with van der Waals surface area (Å²) in [5.41, 5.74) is 2.21. The molecule has 0 atom stereocenters. The van der Waals surface area contributed by atoms with Crippen LogP contribution < -0.4 is 0 Å². The first-order valence-electron chi connectivity index (χ1n) is 21.7. The molecule has 0 spiro atoms. The summed E-state index contributed by atoms with van der Waals surface area (Å²) in [5, 5.41) is 0. The van der Waals surface area contributed by atoms with E-state index in [1.807, 2.05) is 38.1 Å². The molecule has 0 aromatic heterocycles. The third-order valence-electron chi connectivity index (χ3n) is 10.4. The second-order valence-electron chi connectivity index (χ2n) is 15.3. The summed E-state index contributed by atoms with van der Waals surface area (Å²) in [5.74, 6) is 0. The summed E-state index contributed by atoms with van der Waals surface area (Å²) in [7, 11) is -8.44. The van der Waals surface area contributed by atoms with Gasteiger partial charge in [-0.25, -0.2) is 0 Å². The molecule has 0 fully saturated rings. The van der Waals surface area contributed by atoms with Gasteiger partial charge in [0.1, 0.15) is 0 Å². The molecule has 0 heterocycles. The summed E-state index contributed by atoms with van der Waals surface area (Å²) in [6.07, 6.45) is 30.3. The van der Waals surface area contributed by atoms with E-state index < -0.39 is 39.4 Å². The van der Waals surface area contributed by atoms with E-state index in [2.05, 4.69) is 13.8 Å². The number of unbranched alkanes of at least 4 members (excludes halogenated alkanes) is 20. The van der Waals surface area contributed by atoms with Crippen molar-refractivity contribution < 1.29 is 21.9 Å². The number of rotatable bonds is 34. The zero-order valence-corrected chi connectivity index (χ0v) is 38.7. The third kappa shape index (κ3) is 20.7. The molecule has 0 bridgehead atoms. The molecule has 53 heavy (non-hydrogen) atoms. The summed E-state index contributed by atoms with van der Waals surface area (Å²) in [4.78, 5) is 0.131. The molecule has 0 aliphatic heterocycles. The van der Waals surface area contributed by atoms with Gasteiger partial charge in [-0.2, -0.15) is 0 Å². The van der Waals surface area contributed by atoms with Gasteiger partial charge >= 0.3 is 256 Å². The van der Waals surface area contributed by atoms with Gasteiger partial charge in [0.15, 0.2) is 0 Å². The summed E-state index contributed by atoms with van der Waals surface area (Å²) in [6, 6.07) is 13.9. The Hall–Kier alpha value is -0.941. The Bertz CT molecular complexity index is 1300. The van der Waals surface area contributed by atoms with Gasteiger partial charge in [-0.3, -0.25) is 0 Å². The van der Waals surface area contributed by atoms with Gasteiger partial charge in [-0.1, -0.05) is 78.1 Å². The maximum absolute atomic E-state index is 13.8. The number of aryl methyl sites for hydroxylation is 2. The van der Waals surface area contributed by atoms with E-state index in [1.54, 1.807) is 24.3 Å². The average Bonchev–Trinajstić information content (AvgIpc) is 3.14. The van der Waals surface area contributed by atoms with Crippen molar-refractivity contribution in [2.75, 3.05) is 0 Å². The van der Waals surface area contributed by atoms with Crippen LogP contribution in [0.25, 0.3) is 0 Å². The van der Waals surface area contributed by atoms with Crippen molar-refractivity contribution in [2.45, 2.75) is 213 Å². The summed E-state index contributed by atoms with van der Waals surface area (Å²) >= 11 is -4.77. The standard InChI is InChI=1S/2C18H30O3S.2C4H9.Sn/c2*1-2-3-4-5-6-7-8-9-10-11-12-17-13-15-18(16-14-17)22(19,20)21;2*1-3-4-2;/h2*13-16H,2-12H2,1H3,(H,19,20,21);2*1,3-4H2,2H3;/q;;;;+2/p-2. The predicted octanol–water partition coefficient (Wildman–Crippen LogP) is 13.8. The third-order valence-corrected chi connectivity index (χ3v) is 28.5.